The molecule has 0 heterocycles. The predicted molar refractivity (Wildman–Crippen MR) is 84.2 cm³/mol. The molecular weight excluding hydrogens is 361 g/mol. The summed E-state index contributed by atoms with van der Waals surface area (Å²) in [4.78, 5) is 11.5. The highest BCUT2D eigenvalue weighted by Gasteiger charge is 2.09. The number of halogens is 3. The van der Waals surface area contributed by atoms with Crippen molar-refractivity contribution in [3.63, 3.8) is 0 Å². The van der Waals surface area contributed by atoms with Crippen LogP contribution in [0, 0.1) is 5.82 Å². The van der Waals surface area contributed by atoms with Crippen LogP contribution in [0.2, 0.25) is 5.02 Å². The molecule has 0 aliphatic carbocycles. The number of esters is 1. The summed E-state index contributed by atoms with van der Waals surface area (Å²) >= 11 is 9.44. The van der Waals surface area contributed by atoms with E-state index in [1.807, 2.05) is 0 Å². The smallest absolute Gasteiger partial charge is 0.337 e. The number of carbonyl (C=O) groups is 1. The fourth-order valence-electron chi connectivity index (χ4n) is 1.77. The molecule has 0 unspecified atom stereocenters. The van der Waals surface area contributed by atoms with Crippen molar-refractivity contribution in [3.05, 3.63) is 62.8 Å². The molecule has 0 atom stereocenters. The van der Waals surface area contributed by atoms with Crippen LogP contribution in [0.15, 0.2) is 40.9 Å². The Morgan fingerprint density at radius 1 is 1.33 bits per heavy atom. The highest BCUT2D eigenvalue weighted by atomic mass is 79.9. The molecule has 1 N–H and O–H groups in total. The van der Waals surface area contributed by atoms with E-state index < -0.39 is 5.97 Å². The first-order chi connectivity index (χ1) is 10.0. The fourth-order valence-corrected chi connectivity index (χ4v) is 2.35. The molecule has 0 bridgehead atoms. The van der Waals surface area contributed by atoms with Gasteiger partial charge in [0, 0.05) is 11.0 Å². The highest BCUT2D eigenvalue weighted by Crippen LogP contribution is 2.25. The Balaban J connectivity index is 2.19. The standard InChI is InChI=1S/C15H12BrClFNO2/c1-21-15(20)9-2-5-13(17)14(7-9)19-8-10-6-11(18)3-4-12(10)16/h2-7,19H,8H2,1H3. The molecule has 0 saturated carbocycles. The molecule has 2 rings (SSSR count). The minimum Gasteiger partial charge on any atom is -0.465 e. The quantitative estimate of drug-likeness (QED) is 0.795. The maximum absolute atomic E-state index is 13.2. The number of hydrogen-bond acceptors (Lipinski definition) is 3. The average Bonchev–Trinajstić information content (AvgIpc) is 2.48. The zero-order valence-electron chi connectivity index (χ0n) is 11.1. The van der Waals surface area contributed by atoms with Gasteiger partial charge in [-0.05, 0) is 42.0 Å². The van der Waals surface area contributed by atoms with Crippen LogP contribution >= 0.6 is 27.5 Å². The Labute approximate surface area is 135 Å². The van der Waals surface area contributed by atoms with E-state index in [0.717, 1.165) is 10.0 Å². The van der Waals surface area contributed by atoms with Crippen molar-refractivity contribution in [1.82, 2.24) is 0 Å². The van der Waals surface area contributed by atoms with E-state index in [-0.39, 0.29) is 5.82 Å². The lowest BCUT2D eigenvalue weighted by molar-refractivity contribution is 0.0601. The van der Waals surface area contributed by atoms with Crippen molar-refractivity contribution in [2.75, 3.05) is 12.4 Å². The highest BCUT2D eigenvalue weighted by molar-refractivity contribution is 9.10. The van der Waals surface area contributed by atoms with Crippen molar-refractivity contribution in [3.8, 4) is 0 Å². The summed E-state index contributed by atoms with van der Waals surface area (Å²) in [6, 6.07) is 9.22. The first-order valence-electron chi connectivity index (χ1n) is 6.07. The lowest BCUT2D eigenvalue weighted by atomic mass is 10.2. The first-order valence-corrected chi connectivity index (χ1v) is 7.24. The fraction of sp³-hybridized carbons (Fsp3) is 0.133. The minimum atomic E-state index is -0.443. The monoisotopic (exact) mass is 371 g/mol. The lowest BCUT2D eigenvalue weighted by Gasteiger charge is -2.11. The molecule has 0 radical (unpaired) electrons. The second-order valence-electron chi connectivity index (χ2n) is 4.28. The molecule has 0 aromatic heterocycles. The van der Waals surface area contributed by atoms with Crippen molar-refractivity contribution < 1.29 is 13.9 Å². The van der Waals surface area contributed by atoms with Crippen LogP contribution in [-0.2, 0) is 11.3 Å². The second kappa shape index (κ2) is 6.91. The van der Waals surface area contributed by atoms with Gasteiger partial charge in [0.05, 0.1) is 23.4 Å². The second-order valence-corrected chi connectivity index (χ2v) is 5.54. The molecule has 0 aliphatic rings. The van der Waals surface area contributed by atoms with Crippen LogP contribution in [0.4, 0.5) is 10.1 Å². The Hall–Kier alpha value is -1.59. The van der Waals surface area contributed by atoms with Gasteiger partial charge in [0.1, 0.15) is 5.82 Å². The summed E-state index contributed by atoms with van der Waals surface area (Å²) in [5.41, 5.74) is 1.72. The van der Waals surface area contributed by atoms with Crippen LogP contribution in [0.3, 0.4) is 0 Å². The third kappa shape index (κ3) is 3.95. The largest absolute Gasteiger partial charge is 0.465 e. The molecule has 110 valence electrons. The number of nitrogens with one attached hydrogen (secondary N) is 1. The topological polar surface area (TPSA) is 38.3 Å². The molecule has 0 amide bonds. The van der Waals surface area contributed by atoms with Gasteiger partial charge in [-0.1, -0.05) is 27.5 Å². The Morgan fingerprint density at radius 3 is 2.81 bits per heavy atom. The maximum Gasteiger partial charge on any atom is 0.337 e. The Morgan fingerprint density at radius 2 is 2.10 bits per heavy atom. The van der Waals surface area contributed by atoms with E-state index in [9.17, 15) is 9.18 Å². The number of hydrogen-bond donors (Lipinski definition) is 1. The van der Waals surface area contributed by atoms with E-state index >= 15 is 0 Å². The van der Waals surface area contributed by atoms with Crippen LogP contribution in [-0.4, -0.2) is 13.1 Å². The molecule has 0 fully saturated rings. The van der Waals surface area contributed by atoms with E-state index in [1.165, 1.54) is 19.2 Å². The van der Waals surface area contributed by atoms with Crippen LogP contribution in [0.25, 0.3) is 0 Å². The summed E-state index contributed by atoms with van der Waals surface area (Å²) in [6.07, 6.45) is 0. The Bertz CT molecular complexity index is 679. The van der Waals surface area contributed by atoms with E-state index in [2.05, 4.69) is 26.0 Å². The molecular formula is C15H12BrClFNO2. The SMILES string of the molecule is COC(=O)c1ccc(Cl)c(NCc2cc(F)ccc2Br)c1. The number of carbonyl (C=O) groups excluding carboxylic acids is 1. The number of benzene rings is 2. The van der Waals surface area contributed by atoms with E-state index in [1.54, 1.807) is 24.3 Å². The number of rotatable bonds is 4. The van der Waals surface area contributed by atoms with Gasteiger partial charge in [0.15, 0.2) is 0 Å². The summed E-state index contributed by atoms with van der Waals surface area (Å²) in [6.45, 7) is 0.364. The molecule has 2 aromatic carbocycles. The van der Waals surface area contributed by atoms with Gasteiger partial charge in [0.25, 0.3) is 0 Å². The van der Waals surface area contributed by atoms with Crippen molar-refractivity contribution in [2.24, 2.45) is 0 Å². The molecule has 3 nitrogen and oxygen atoms in total. The van der Waals surface area contributed by atoms with Crippen LogP contribution < -0.4 is 5.32 Å². The molecule has 0 spiro atoms. The zero-order chi connectivity index (χ0) is 15.4. The normalized spacial score (nSPS) is 10.3. The summed E-state index contributed by atoms with van der Waals surface area (Å²) in [5.74, 6) is -0.758. The third-order valence-electron chi connectivity index (χ3n) is 2.86. The van der Waals surface area contributed by atoms with Crippen molar-refractivity contribution >= 4 is 39.2 Å². The predicted octanol–water partition coefficient (Wildman–Crippen LogP) is 4.64. The van der Waals surface area contributed by atoms with Gasteiger partial charge in [-0.2, -0.15) is 0 Å². The van der Waals surface area contributed by atoms with Crippen LogP contribution in [0.1, 0.15) is 15.9 Å². The minimum absolute atomic E-state index is 0.315. The third-order valence-corrected chi connectivity index (χ3v) is 3.97. The number of ether oxygens (including phenoxy) is 1. The van der Waals surface area contributed by atoms with Gasteiger partial charge in [-0.15, -0.1) is 0 Å². The first kappa shape index (κ1) is 15.8. The maximum atomic E-state index is 13.2. The molecule has 0 saturated heterocycles. The zero-order valence-corrected chi connectivity index (χ0v) is 13.5. The van der Waals surface area contributed by atoms with Crippen molar-refractivity contribution in [2.45, 2.75) is 6.54 Å². The van der Waals surface area contributed by atoms with Gasteiger partial charge in [-0.25, -0.2) is 9.18 Å². The van der Waals surface area contributed by atoms with Crippen molar-refractivity contribution in [1.29, 1.82) is 0 Å². The Kier molecular flexibility index (Phi) is 5.20. The summed E-state index contributed by atoms with van der Waals surface area (Å²) < 4.78 is 18.7. The molecule has 0 aliphatic heterocycles. The molecule has 6 heteroatoms. The summed E-state index contributed by atoms with van der Waals surface area (Å²) in [7, 11) is 1.31. The molecule has 21 heavy (non-hydrogen) atoms. The molecule has 2 aromatic rings. The van der Waals surface area contributed by atoms with Gasteiger partial charge >= 0.3 is 5.97 Å². The van der Waals surface area contributed by atoms with Gasteiger partial charge < -0.3 is 10.1 Å². The number of anilines is 1. The van der Waals surface area contributed by atoms with Gasteiger partial charge in [-0.3, -0.25) is 0 Å². The van der Waals surface area contributed by atoms with Crippen LogP contribution in [0.5, 0.6) is 0 Å². The summed E-state index contributed by atoms with van der Waals surface area (Å²) in [5, 5.41) is 3.55. The van der Waals surface area contributed by atoms with E-state index in [0.29, 0.717) is 22.8 Å². The average molecular weight is 373 g/mol. The van der Waals surface area contributed by atoms with Gasteiger partial charge in [0.2, 0.25) is 0 Å². The number of methoxy groups -OCH3 is 1. The van der Waals surface area contributed by atoms with E-state index in [4.69, 9.17) is 11.6 Å². The lowest BCUT2D eigenvalue weighted by Crippen LogP contribution is -2.05.